The van der Waals surface area contributed by atoms with Crippen molar-refractivity contribution in [3.8, 4) is 0 Å². The largest absolute Gasteiger partial charge is 0.360 e. The molecule has 0 N–H and O–H groups in total. The van der Waals surface area contributed by atoms with Crippen molar-refractivity contribution in [3.05, 3.63) is 41.7 Å². The zero-order valence-corrected chi connectivity index (χ0v) is 7.29. The van der Waals surface area contributed by atoms with Crippen molar-refractivity contribution in [2.24, 2.45) is 0 Å². The molecule has 0 aliphatic rings. The Hall–Kier alpha value is -1.37. The molecule has 60 valence electrons. The predicted molar refractivity (Wildman–Crippen MR) is 50.1 cm³/mol. The summed E-state index contributed by atoms with van der Waals surface area (Å²) in [6.45, 7) is 4.05. The quantitative estimate of drug-likeness (QED) is 0.536. The molecule has 0 aliphatic carbocycles. The van der Waals surface area contributed by atoms with Crippen LogP contribution >= 0.6 is 0 Å². The van der Waals surface area contributed by atoms with Crippen molar-refractivity contribution < 1.29 is 4.42 Å². The van der Waals surface area contributed by atoms with Gasteiger partial charge in [0.2, 0.25) is 0 Å². The molecule has 12 heavy (non-hydrogen) atoms. The Morgan fingerprint density at radius 1 is 1.08 bits per heavy atom. The van der Waals surface area contributed by atoms with Gasteiger partial charge in [-0.2, -0.15) is 0 Å². The molecule has 1 aromatic heterocycles. The van der Waals surface area contributed by atoms with E-state index in [2.05, 4.69) is 19.1 Å². The number of hydrogen-bond donors (Lipinski definition) is 0. The molecule has 2 rings (SSSR count). The molecule has 0 atom stereocenters. The van der Waals surface area contributed by atoms with E-state index in [1.54, 1.807) is 0 Å². The summed E-state index contributed by atoms with van der Waals surface area (Å²) in [5, 5.41) is 1.17. The first kappa shape index (κ1) is 7.29. The van der Waals surface area contributed by atoms with E-state index in [1.807, 2.05) is 25.1 Å². The second-order valence-electron chi connectivity index (χ2n) is 3.02. The van der Waals surface area contributed by atoms with Gasteiger partial charge in [0.05, 0.1) is 12.3 Å². The van der Waals surface area contributed by atoms with Gasteiger partial charge in [0, 0.05) is 11.6 Å². The molecule has 0 aliphatic heterocycles. The fourth-order valence-electron chi connectivity index (χ4n) is 1.27. The first-order valence-electron chi connectivity index (χ1n) is 4.06. The van der Waals surface area contributed by atoms with Gasteiger partial charge in [-0.25, -0.2) is 4.42 Å². The number of hydrogen-bond acceptors (Lipinski definition) is 0. The highest BCUT2D eigenvalue weighted by atomic mass is 16.3. The normalized spacial score (nSPS) is 10.5. The minimum atomic E-state index is 0.959. The van der Waals surface area contributed by atoms with Crippen molar-refractivity contribution in [2.75, 3.05) is 0 Å². The van der Waals surface area contributed by atoms with Crippen LogP contribution < -0.4 is 0 Å². The molecule has 1 heterocycles. The van der Waals surface area contributed by atoms with Gasteiger partial charge >= 0.3 is 11.3 Å². The van der Waals surface area contributed by atoms with Gasteiger partial charge in [0.15, 0.2) is 0 Å². The van der Waals surface area contributed by atoms with E-state index in [4.69, 9.17) is 4.42 Å². The fraction of sp³-hybridized carbons (Fsp3) is 0.182. The molecule has 0 saturated heterocycles. The first-order valence-corrected chi connectivity index (χ1v) is 4.06. The SMILES string of the molecule is Cc1cc2ccccc2[o+]c1C. The van der Waals surface area contributed by atoms with Crippen molar-refractivity contribution in [1.29, 1.82) is 0 Å². The van der Waals surface area contributed by atoms with E-state index in [0.29, 0.717) is 0 Å². The standard InChI is InChI=1S/C11H11O/c1-8-7-10-5-3-4-6-11(10)12-9(8)2/h3-7H,1-2H3/q+1. The average Bonchev–Trinajstić information content (AvgIpc) is 2.07. The maximum Gasteiger partial charge on any atom is 0.360 e. The molecule has 0 saturated carbocycles. The van der Waals surface area contributed by atoms with E-state index >= 15 is 0 Å². The van der Waals surface area contributed by atoms with Crippen LogP contribution in [0.5, 0.6) is 0 Å². The molecule has 1 aromatic carbocycles. The highest BCUT2D eigenvalue weighted by Crippen LogP contribution is 2.18. The Balaban J connectivity index is 2.84. The lowest BCUT2D eigenvalue weighted by molar-refractivity contribution is 0.560. The maximum atomic E-state index is 5.59. The molecule has 0 fully saturated rings. The van der Waals surface area contributed by atoms with Crippen LogP contribution in [0.2, 0.25) is 0 Å². The number of aryl methyl sites for hydroxylation is 2. The Kier molecular flexibility index (Phi) is 1.58. The van der Waals surface area contributed by atoms with Crippen LogP contribution in [-0.4, -0.2) is 0 Å². The Labute approximate surface area is 71.6 Å². The third-order valence-corrected chi connectivity index (χ3v) is 2.11. The second kappa shape index (κ2) is 2.59. The summed E-state index contributed by atoms with van der Waals surface area (Å²) in [6.07, 6.45) is 0. The van der Waals surface area contributed by atoms with E-state index in [9.17, 15) is 0 Å². The molecular weight excluding hydrogens is 148 g/mol. The number of fused-ring (bicyclic) bond motifs is 1. The summed E-state index contributed by atoms with van der Waals surface area (Å²) in [7, 11) is 0. The van der Waals surface area contributed by atoms with Crippen LogP contribution in [0.15, 0.2) is 34.7 Å². The minimum Gasteiger partial charge on any atom is -0.212 e. The van der Waals surface area contributed by atoms with E-state index in [0.717, 1.165) is 11.3 Å². The van der Waals surface area contributed by atoms with Crippen LogP contribution in [-0.2, 0) is 0 Å². The highest BCUT2D eigenvalue weighted by molar-refractivity contribution is 5.77. The van der Waals surface area contributed by atoms with Crippen molar-refractivity contribution in [1.82, 2.24) is 0 Å². The maximum absolute atomic E-state index is 5.59. The minimum absolute atomic E-state index is 0.959. The van der Waals surface area contributed by atoms with Crippen LogP contribution in [0.1, 0.15) is 11.3 Å². The lowest BCUT2D eigenvalue weighted by Gasteiger charge is -1.90. The summed E-state index contributed by atoms with van der Waals surface area (Å²) in [5.41, 5.74) is 2.16. The molecule has 1 heteroatoms. The summed E-state index contributed by atoms with van der Waals surface area (Å²) >= 11 is 0. The van der Waals surface area contributed by atoms with Gasteiger partial charge in [-0.3, -0.25) is 0 Å². The molecule has 2 aromatic rings. The highest BCUT2D eigenvalue weighted by Gasteiger charge is 2.09. The zero-order chi connectivity index (χ0) is 8.55. The summed E-state index contributed by atoms with van der Waals surface area (Å²) < 4.78 is 5.59. The molecule has 0 unspecified atom stereocenters. The zero-order valence-electron chi connectivity index (χ0n) is 7.29. The van der Waals surface area contributed by atoms with Gasteiger partial charge in [-0.15, -0.1) is 0 Å². The van der Waals surface area contributed by atoms with Crippen LogP contribution in [0, 0.1) is 13.8 Å². The molecule has 0 bridgehead atoms. The molecule has 0 amide bonds. The lowest BCUT2D eigenvalue weighted by atomic mass is 10.1. The predicted octanol–water partition coefficient (Wildman–Crippen LogP) is 3.33. The third kappa shape index (κ3) is 1.07. The van der Waals surface area contributed by atoms with Crippen molar-refractivity contribution in [3.63, 3.8) is 0 Å². The van der Waals surface area contributed by atoms with Crippen molar-refractivity contribution in [2.45, 2.75) is 13.8 Å². The first-order chi connectivity index (χ1) is 5.77. The Morgan fingerprint density at radius 2 is 1.83 bits per heavy atom. The third-order valence-electron chi connectivity index (χ3n) is 2.11. The number of para-hydroxylation sites is 1. The van der Waals surface area contributed by atoms with Crippen LogP contribution in [0.4, 0.5) is 0 Å². The molecular formula is C11H11O+. The van der Waals surface area contributed by atoms with Gasteiger partial charge < -0.3 is 0 Å². The monoisotopic (exact) mass is 159 g/mol. The summed E-state index contributed by atoms with van der Waals surface area (Å²) in [5.74, 6) is 0.994. The van der Waals surface area contributed by atoms with Gasteiger partial charge in [0.1, 0.15) is 0 Å². The molecule has 1 nitrogen and oxygen atoms in total. The van der Waals surface area contributed by atoms with Gasteiger partial charge in [-0.1, -0.05) is 12.1 Å². The number of rotatable bonds is 0. The lowest BCUT2D eigenvalue weighted by Crippen LogP contribution is -1.80. The molecule has 0 spiro atoms. The Bertz CT molecular complexity index is 378. The summed E-state index contributed by atoms with van der Waals surface area (Å²) in [6, 6.07) is 10.2. The Morgan fingerprint density at radius 3 is 2.67 bits per heavy atom. The van der Waals surface area contributed by atoms with Gasteiger partial charge in [-0.05, 0) is 19.1 Å². The summed E-state index contributed by atoms with van der Waals surface area (Å²) in [4.78, 5) is 0. The second-order valence-corrected chi connectivity index (χ2v) is 3.02. The van der Waals surface area contributed by atoms with Crippen LogP contribution in [0.3, 0.4) is 0 Å². The fourth-order valence-corrected chi connectivity index (χ4v) is 1.27. The smallest absolute Gasteiger partial charge is 0.212 e. The van der Waals surface area contributed by atoms with Crippen LogP contribution in [0.25, 0.3) is 11.0 Å². The van der Waals surface area contributed by atoms with Gasteiger partial charge in [0.25, 0.3) is 0 Å². The number of benzene rings is 1. The van der Waals surface area contributed by atoms with E-state index < -0.39 is 0 Å². The average molecular weight is 159 g/mol. The van der Waals surface area contributed by atoms with Crippen molar-refractivity contribution >= 4 is 11.0 Å². The topological polar surface area (TPSA) is 11.3 Å². The van der Waals surface area contributed by atoms with E-state index in [1.165, 1.54) is 10.9 Å². The van der Waals surface area contributed by atoms with E-state index in [-0.39, 0.29) is 0 Å². The molecule has 0 radical (unpaired) electrons.